The van der Waals surface area contributed by atoms with Gasteiger partial charge in [-0.05, 0) is 18.2 Å². The van der Waals surface area contributed by atoms with Crippen LogP contribution in [0.3, 0.4) is 0 Å². The molecule has 0 radical (unpaired) electrons. The minimum absolute atomic E-state index is 0.163. The van der Waals surface area contributed by atoms with Crippen molar-refractivity contribution in [2.45, 2.75) is 26.2 Å². The molecule has 0 unspecified atom stereocenters. The third kappa shape index (κ3) is 2.83. The Labute approximate surface area is 173 Å². The molecule has 8 heteroatoms. The summed E-state index contributed by atoms with van der Waals surface area (Å²) in [5.74, 6) is 3.89. The van der Waals surface area contributed by atoms with E-state index in [1.165, 1.54) is 0 Å². The van der Waals surface area contributed by atoms with E-state index in [-0.39, 0.29) is 5.92 Å². The van der Waals surface area contributed by atoms with Crippen LogP contribution in [-0.4, -0.2) is 38.8 Å². The van der Waals surface area contributed by atoms with Crippen LogP contribution < -0.4 is 14.2 Å². The molecule has 5 rings (SSSR count). The highest BCUT2D eigenvalue weighted by Crippen LogP contribution is 2.42. The number of imidazole rings is 1. The predicted octanol–water partition coefficient (Wildman–Crippen LogP) is 4.02. The summed E-state index contributed by atoms with van der Waals surface area (Å²) >= 11 is 0. The number of aromatic nitrogens is 5. The Kier molecular flexibility index (Phi) is 4.27. The van der Waals surface area contributed by atoms with E-state index in [0.717, 1.165) is 28.2 Å². The molecule has 0 saturated carbocycles. The minimum Gasteiger partial charge on any atom is -0.493 e. The summed E-state index contributed by atoms with van der Waals surface area (Å²) in [5.41, 5.74) is 3.34. The minimum atomic E-state index is 0.163. The van der Waals surface area contributed by atoms with Crippen molar-refractivity contribution in [2.75, 3.05) is 14.2 Å². The van der Waals surface area contributed by atoms with Gasteiger partial charge in [-0.2, -0.15) is 4.98 Å². The Bertz CT molecular complexity index is 1250. The molecule has 4 heterocycles. The summed E-state index contributed by atoms with van der Waals surface area (Å²) in [6, 6.07) is 7.52. The van der Waals surface area contributed by atoms with E-state index in [1.54, 1.807) is 32.7 Å². The number of nitrogens with zero attached hydrogens (tertiary/aromatic N) is 5. The summed E-state index contributed by atoms with van der Waals surface area (Å²) in [6.07, 6.45) is 4.01. The Morgan fingerprint density at radius 3 is 2.70 bits per heavy atom. The fraction of sp³-hybridized carbons (Fsp3) is 0.273. The van der Waals surface area contributed by atoms with Crippen molar-refractivity contribution in [1.29, 1.82) is 0 Å². The smallest absolute Gasteiger partial charge is 0.249 e. The molecule has 8 nitrogen and oxygen atoms in total. The molecule has 3 aromatic heterocycles. The van der Waals surface area contributed by atoms with Gasteiger partial charge in [-0.1, -0.05) is 13.8 Å². The van der Waals surface area contributed by atoms with Crippen molar-refractivity contribution >= 4 is 5.52 Å². The average Bonchev–Trinajstić information content (AvgIpc) is 3.12. The van der Waals surface area contributed by atoms with Crippen molar-refractivity contribution in [3.05, 3.63) is 53.7 Å². The fourth-order valence-electron chi connectivity index (χ4n) is 3.74. The van der Waals surface area contributed by atoms with Crippen LogP contribution >= 0.6 is 0 Å². The summed E-state index contributed by atoms with van der Waals surface area (Å²) in [5, 5.41) is 4.78. The lowest BCUT2D eigenvalue weighted by molar-refractivity contribution is 0.348. The normalized spacial score (nSPS) is 12.4. The van der Waals surface area contributed by atoms with Gasteiger partial charge in [0.15, 0.2) is 22.8 Å². The van der Waals surface area contributed by atoms with Gasteiger partial charge in [0, 0.05) is 41.9 Å². The van der Waals surface area contributed by atoms with Gasteiger partial charge in [-0.25, -0.2) is 9.50 Å². The molecule has 4 aromatic rings. The molecule has 0 atom stereocenters. The van der Waals surface area contributed by atoms with Crippen LogP contribution in [0.25, 0.3) is 16.9 Å². The third-order valence-electron chi connectivity index (χ3n) is 5.09. The van der Waals surface area contributed by atoms with Gasteiger partial charge in [0.1, 0.15) is 11.6 Å². The summed E-state index contributed by atoms with van der Waals surface area (Å²) < 4.78 is 19.2. The number of benzene rings is 1. The molecule has 0 amide bonds. The Morgan fingerprint density at radius 2 is 2.00 bits per heavy atom. The van der Waals surface area contributed by atoms with Gasteiger partial charge in [0.25, 0.3) is 0 Å². The number of rotatable bonds is 4. The van der Waals surface area contributed by atoms with Crippen LogP contribution in [0.5, 0.6) is 23.1 Å². The standard InChI is InChI=1S/C22H21N5O3/c1-12(2)21-24-16-9-14-8-15(10-17(28-3)19(14)29-4)30-22-18(16)27(21)26-20(25-22)13-6-5-7-23-11-13/h5-8,10-12H,9H2,1-4H3. The second-order valence-electron chi connectivity index (χ2n) is 7.41. The first kappa shape index (κ1) is 18.4. The summed E-state index contributed by atoms with van der Waals surface area (Å²) in [4.78, 5) is 13.8. The summed E-state index contributed by atoms with van der Waals surface area (Å²) in [7, 11) is 3.24. The lowest BCUT2D eigenvalue weighted by Gasteiger charge is -2.18. The van der Waals surface area contributed by atoms with Crippen LogP contribution in [0.1, 0.15) is 36.8 Å². The molecule has 1 aliphatic rings. The van der Waals surface area contributed by atoms with Crippen LogP contribution in [0, 0.1) is 0 Å². The Morgan fingerprint density at radius 1 is 1.13 bits per heavy atom. The van der Waals surface area contributed by atoms with Gasteiger partial charge < -0.3 is 14.2 Å². The average molecular weight is 403 g/mol. The van der Waals surface area contributed by atoms with E-state index < -0.39 is 0 Å². The maximum Gasteiger partial charge on any atom is 0.249 e. The van der Waals surface area contributed by atoms with Crippen molar-refractivity contribution in [1.82, 2.24) is 24.6 Å². The SMILES string of the molecule is COc1cc2cc(c1OC)Cc1nc(C(C)C)n3nc(-c4cccnc4)nc(c13)O2. The number of fused-ring (bicyclic) bond motifs is 2. The topological polar surface area (TPSA) is 83.7 Å². The number of pyridine rings is 1. The molecule has 0 fully saturated rings. The van der Waals surface area contributed by atoms with Crippen LogP contribution in [0.4, 0.5) is 0 Å². The van der Waals surface area contributed by atoms with Crippen LogP contribution in [0.2, 0.25) is 0 Å². The Hall–Kier alpha value is -3.68. The molecule has 0 N–H and O–H groups in total. The molecule has 1 aliphatic heterocycles. The van der Waals surface area contributed by atoms with Gasteiger partial charge >= 0.3 is 0 Å². The molecule has 0 aliphatic carbocycles. The first-order valence-corrected chi connectivity index (χ1v) is 9.71. The van der Waals surface area contributed by atoms with Gasteiger partial charge in [-0.15, -0.1) is 5.10 Å². The second-order valence-corrected chi connectivity index (χ2v) is 7.41. The highest BCUT2D eigenvalue weighted by Gasteiger charge is 2.26. The molecule has 1 aromatic carbocycles. The zero-order valence-corrected chi connectivity index (χ0v) is 17.2. The van der Waals surface area contributed by atoms with E-state index in [1.807, 2.05) is 22.7 Å². The van der Waals surface area contributed by atoms with Gasteiger partial charge in [-0.3, -0.25) is 4.98 Å². The van der Waals surface area contributed by atoms with E-state index in [0.29, 0.717) is 35.4 Å². The molecular formula is C22H21N5O3. The first-order valence-electron chi connectivity index (χ1n) is 9.71. The quantitative estimate of drug-likeness (QED) is 0.448. The molecule has 0 spiro atoms. The molecule has 0 saturated heterocycles. The van der Waals surface area contributed by atoms with Crippen molar-refractivity contribution in [3.63, 3.8) is 0 Å². The monoisotopic (exact) mass is 403 g/mol. The zero-order chi connectivity index (χ0) is 20.8. The number of methoxy groups -OCH3 is 2. The summed E-state index contributed by atoms with van der Waals surface area (Å²) in [6.45, 7) is 4.18. The highest BCUT2D eigenvalue weighted by molar-refractivity contribution is 5.68. The lowest BCUT2D eigenvalue weighted by Crippen LogP contribution is -2.07. The molecular weight excluding hydrogens is 382 g/mol. The van der Waals surface area contributed by atoms with E-state index in [2.05, 4.69) is 18.8 Å². The number of hydrogen-bond donors (Lipinski definition) is 0. The van der Waals surface area contributed by atoms with Crippen molar-refractivity contribution in [2.24, 2.45) is 0 Å². The molecule has 30 heavy (non-hydrogen) atoms. The number of ether oxygens (including phenoxy) is 3. The first-order chi connectivity index (χ1) is 14.6. The van der Waals surface area contributed by atoms with Crippen molar-refractivity contribution in [3.8, 4) is 34.5 Å². The van der Waals surface area contributed by atoms with Crippen LogP contribution in [-0.2, 0) is 6.42 Å². The van der Waals surface area contributed by atoms with E-state index >= 15 is 0 Å². The second kappa shape index (κ2) is 6.98. The van der Waals surface area contributed by atoms with Gasteiger partial charge in [0.2, 0.25) is 5.88 Å². The number of hydrogen-bond acceptors (Lipinski definition) is 7. The Balaban J connectivity index is 1.79. The highest BCUT2D eigenvalue weighted by atomic mass is 16.5. The van der Waals surface area contributed by atoms with E-state index in [4.69, 9.17) is 29.3 Å². The largest absolute Gasteiger partial charge is 0.493 e. The van der Waals surface area contributed by atoms with Crippen LogP contribution in [0.15, 0.2) is 36.7 Å². The van der Waals surface area contributed by atoms with E-state index in [9.17, 15) is 0 Å². The lowest BCUT2D eigenvalue weighted by atomic mass is 10.1. The molecule has 152 valence electrons. The maximum absolute atomic E-state index is 6.24. The van der Waals surface area contributed by atoms with Gasteiger partial charge in [0.05, 0.1) is 19.9 Å². The van der Waals surface area contributed by atoms with Crippen molar-refractivity contribution < 1.29 is 14.2 Å². The zero-order valence-electron chi connectivity index (χ0n) is 17.2. The fourth-order valence-corrected chi connectivity index (χ4v) is 3.74. The molecule has 2 bridgehead atoms. The third-order valence-corrected chi connectivity index (χ3v) is 5.09. The maximum atomic E-state index is 6.24. The predicted molar refractivity (Wildman–Crippen MR) is 111 cm³/mol.